The highest BCUT2D eigenvalue weighted by molar-refractivity contribution is 7.90. The van der Waals surface area contributed by atoms with E-state index in [1.807, 2.05) is 6.92 Å². The van der Waals surface area contributed by atoms with Gasteiger partial charge in [-0.1, -0.05) is 49.4 Å². The number of para-hydroxylation sites is 1. The molecule has 1 heterocycles. The van der Waals surface area contributed by atoms with E-state index in [4.69, 9.17) is 0 Å². The molecule has 4 nitrogen and oxygen atoms in total. The van der Waals surface area contributed by atoms with Crippen LogP contribution in [-0.4, -0.2) is 24.5 Å². The Morgan fingerprint density at radius 2 is 1.47 bits per heavy atom. The third-order valence-corrected chi connectivity index (χ3v) is 6.57. The van der Waals surface area contributed by atoms with Crippen molar-refractivity contribution in [3.63, 3.8) is 0 Å². The molecule has 1 aromatic heterocycles. The number of hydrogen-bond donors (Lipinski definition) is 0. The Labute approximate surface area is 194 Å². The third kappa shape index (κ3) is 4.48. The third-order valence-electron chi connectivity index (χ3n) is 5.44. The second-order valence-corrected chi connectivity index (χ2v) is 9.78. The lowest BCUT2D eigenvalue weighted by atomic mass is 9.98. The second-order valence-electron chi connectivity index (χ2n) is 7.77. The molecular weight excluding hydrogens is 468 g/mol. The molecule has 9 heteroatoms. The number of rotatable bonds is 5. The van der Waals surface area contributed by atoms with Crippen LogP contribution >= 0.6 is 0 Å². The summed E-state index contributed by atoms with van der Waals surface area (Å²) in [5.74, 6) is -0.583. The van der Waals surface area contributed by atoms with Crippen LogP contribution in [0.2, 0.25) is 0 Å². The molecule has 0 spiro atoms. The van der Waals surface area contributed by atoms with Gasteiger partial charge in [0.2, 0.25) is 0 Å². The molecule has 4 rings (SSSR count). The van der Waals surface area contributed by atoms with Gasteiger partial charge in [-0.25, -0.2) is 17.5 Å². The molecule has 0 saturated carbocycles. The fourth-order valence-electron chi connectivity index (χ4n) is 3.82. The van der Waals surface area contributed by atoms with Gasteiger partial charge in [-0.15, -0.1) is 0 Å². The molecule has 0 radical (unpaired) electrons. The Morgan fingerprint density at radius 1 is 0.882 bits per heavy atom. The Hall–Kier alpha value is -3.46. The summed E-state index contributed by atoms with van der Waals surface area (Å²) in [6, 6.07) is 16.9. The zero-order valence-electron chi connectivity index (χ0n) is 18.3. The van der Waals surface area contributed by atoms with Crippen LogP contribution in [0.25, 0.3) is 28.1 Å². The summed E-state index contributed by atoms with van der Waals surface area (Å²) in [5, 5.41) is 4.37. The van der Waals surface area contributed by atoms with Gasteiger partial charge in [0.25, 0.3) is 0 Å². The van der Waals surface area contributed by atoms with Gasteiger partial charge in [0.1, 0.15) is 11.5 Å². The average molecular weight is 489 g/mol. The number of alkyl halides is 3. The molecule has 0 aliphatic rings. The quantitative estimate of drug-likeness (QED) is 0.309. The molecule has 176 valence electrons. The first-order valence-electron chi connectivity index (χ1n) is 10.4. The first kappa shape index (κ1) is 23.7. The van der Waals surface area contributed by atoms with E-state index in [1.165, 1.54) is 36.4 Å². The molecule has 3 aromatic carbocycles. The van der Waals surface area contributed by atoms with Gasteiger partial charge in [-0.05, 0) is 47.9 Å². The summed E-state index contributed by atoms with van der Waals surface area (Å²) >= 11 is 0. The smallest absolute Gasteiger partial charge is 0.227 e. The van der Waals surface area contributed by atoms with Crippen molar-refractivity contribution in [3.05, 3.63) is 89.9 Å². The summed E-state index contributed by atoms with van der Waals surface area (Å²) in [6.07, 6.45) is -3.26. The minimum atomic E-state index is -4.79. The number of nitrogens with zero attached hydrogens (tertiary/aromatic N) is 2. The fraction of sp³-hybridized carbons (Fsp3) is 0.160. The molecule has 0 N–H and O–H groups in total. The molecule has 0 saturated heterocycles. The lowest BCUT2D eigenvalue weighted by molar-refractivity contribution is -0.142. The standard InChI is InChI=1S/C25H20F4N2O2S/c1-3-16-6-4-5-7-21(16)31-24(25(27,28)29)22(17-8-12-19(26)13-9-17)23(30-31)18-10-14-20(15-11-18)34(2,32)33/h4-15H,3H2,1-2H3. The summed E-state index contributed by atoms with van der Waals surface area (Å²) in [5.41, 5.74) is 0.165. The van der Waals surface area contributed by atoms with Crippen molar-refractivity contribution >= 4 is 9.84 Å². The van der Waals surface area contributed by atoms with Crippen LogP contribution in [0.4, 0.5) is 17.6 Å². The van der Waals surface area contributed by atoms with E-state index in [0.29, 0.717) is 17.5 Å². The van der Waals surface area contributed by atoms with Crippen molar-refractivity contribution in [3.8, 4) is 28.1 Å². The van der Waals surface area contributed by atoms with Crippen LogP contribution in [0, 0.1) is 5.82 Å². The van der Waals surface area contributed by atoms with E-state index < -0.39 is 27.5 Å². The normalized spacial score (nSPS) is 12.2. The highest BCUT2D eigenvalue weighted by Gasteiger charge is 2.41. The van der Waals surface area contributed by atoms with Gasteiger partial charge in [-0.3, -0.25) is 0 Å². The number of aromatic nitrogens is 2. The van der Waals surface area contributed by atoms with Crippen LogP contribution in [-0.2, 0) is 22.4 Å². The topological polar surface area (TPSA) is 52.0 Å². The molecule has 0 fully saturated rings. The lowest BCUT2D eigenvalue weighted by Gasteiger charge is -2.15. The predicted molar refractivity (Wildman–Crippen MR) is 122 cm³/mol. The first-order valence-corrected chi connectivity index (χ1v) is 12.2. The molecule has 0 unspecified atom stereocenters. The van der Waals surface area contributed by atoms with Crippen LogP contribution in [0.3, 0.4) is 0 Å². The van der Waals surface area contributed by atoms with Crippen LogP contribution in [0.1, 0.15) is 18.2 Å². The highest BCUT2D eigenvalue weighted by atomic mass is 32.2. The molecule has 0 bridgehead atoms. The second kappa shape index (κ2) is 8.72. The maximum absolute atomic E-state index is 14.5. The summed E-state index contributed by atoms with van der Waals surface area (Å²) in [7, 11) is -3.49. The number of sulfone groups is 1. The van der Waals surface area contributed by atoms with E-state index in [0.717, 1.165) is 23.1 Å². The highest BCUT2D eigenvalue weighted by Crippen LogP contribution is 2.44. The Balaban J connectivity index is 2.08. The molecular formula is C25H20F4N2O2S. The van der Waals surface area contributed by atoms with Crippen molar-refractivity contribution in [2.75, 3.05) is 6.26 Å². The van der Waals surface area contributed by atoms with Gasteiger partial charge >= 0.3 is 6.18 Å². The molecule has 0 amide bonds. The van der Waals surface area contributed by atoms with Crippen molar-refractivity contribution in [1.29, 1.82) is 0 Å². The fourth-order valence-corrected chi connectivity index (χ4v) is 4.45. The summed E-state index contributed by atoms with van der Waals surface area (Å²) in [6.45, 7) is 1.83. The summed E-state index contributed by atoms with van der Waals surface area (Å²) in [4.78, 5) is 0.0337. The SMILES string of the molecule is CCc1ccccc1-n1nc(-c2ccc(S(C)(=O)=O)cc2)c(-c2ccc(F)cc2)c1C(F)(F)F. The predicted octanol–water partition coefficient (Wildman–Crippen LogP) is 6.33. The monoisotopic (exact) mass is 488 g/mol. The summed E-state index contributed by atoms with van der Waals surface area (Å²) < 4.78 is 81.7. The molecule has 34 heavy (non-hydrogen) atoms. The van der Waals surface area contributed by atoms with E-state index in [2.05, 4.69) is 5.10 Å². The van der Waals surface area contributed by atoms with Gasteiger partial charge < -0.3 is 0 Å². The van der Waals surface area contributed by atoms with E-state index >= 15 is 0 Å². The molecule has 4 aromatic rings. The first-order chi connectivity index (χ1) is 16.0. The Kier molecular flexibility index (Phi) is 6.07. The maximum Gasteiger partial charge on any atom is 0.434 e. The Bertz CT molecular complexity index is 1440. The number of benzene rings is 3. The molecule has 0 aliphatic heterocycles. The maximum atomic E-state index is 14.5. The average Bonchev–Trinajstić information content (AvgIpc) is 3.20. The van der Waals surface area contributed by atoms with Gasteiger partial charge in [0.15, 0.2) is 15.5 Å². The van der Waals surface area contributed by atoms with Crippen LogP contribution in [0.5, 0.6) is 0 Å². The lowest BCUT2D eigenvalue weighted by Crippen LogP contribution is -2.15. The van der Waals surface area contributed by atoms with E-state index in [-0.39, 0.29) is 27.4 Å². The van der Waals surface area contributed by atoms with Crippen molar-refractivity contribution < 1.29 is 26.0 Å². The minimum Gasteiger partial charge on any atom is -0.227 e. The largest absolute Gasteiger partial charge is 0.434 e. The van der Waals surface area contributed by atoms with Crippen molar-refractivity contribution in [1.82, 2.24) is 9.78 Å². The number of halogens is 4. The van der Waals surface area contributed by atoms with E-state index in [1.54, 1.807) is 24.3 Å². The zero-order valence-corrected chi connectivity index (χ0v) is 19.1. The van der Waals surface area contributed by atoms with Crippen molar-refractivity contribution in [2.45, 2.75) is 24.4 Å². The Morgan fingerprint density at radius 3 is 2.03 bits per heavy atom. The zero-order chi connectivity index (χ0) is 24.7. The van der Waals surface area contributed by atoms with Crippen LogP contribution < -0.4 is 0 Å². The van der Waals surface area contributed by atoms with Gasteiger partial charge in [-0.2, -0.15) is 18.3 Å². The minimum absolute atomic E-state index is 0.00453. The van der Waals surface area contributed by atoms with E-state index in [9.17, 15) is 26.0 Å². The van der Waals surface area contributed by atoms with Crippen molar-refractivity contribution in [2.24, 2.45) is 0 Å². The molecule has 0 atom stereocenters. The number of aryl methyl sites for hydroxylation is 1. The number of hydrogen-bond acceptors (Lipinski definition) is 3. The van der Waals surface area contributed by atoms with Gasteiger partial charge in [0.05, 0.1) is 10.6 Å². The van der Waals surface area contributed by atoms with Crippen LogP contribution in [0.15, 0.2) is 77.7 Å². The molecule has 0 aliphatic carbocycles. The van der Waals surface area contributed by atoms with Gasteiger partial charge in [0, 0.05) is 17.4 Å².